The predicted molar refractivity (Wildman–Crippen MR) is 147 cm³/mol. The molecule has 0 spiro atoms. The number of aryl methyl sites for hydroxylation is 2. The summed E-state index contributed by atoms with van der Waals surface area (Å²) in [6.07, 6.45) is 1.69. The van der Waals surface area contributed by atoms with E-state index in [9.17, 15) is 9.18 Å². The van der Waals surface area contributed by atoms with Crippen LogP contribution in [0.2, 0.25) is 0 Å². The maximum Gasteiger partial charge on any atom is 0.274 e. The van der Waals surface area contributed by atoms with Gasteiger partial charge in [-0.3, -0.25) is 4.79 Å². The van der Waals surface area contributed by atoms with E-state index < -0.39 is 5.54 Å². The first-order chi connectivity index (χ1) is 18.2. The van der Waals surface area contributed by atoms with E-state index in [1.54, 1.807) is 36.7 Å². The summed E-state index contributed by atoms with van der Waals surface area (Å²) in [5.74, 6) is 0.441. The largest absolute Gasteiger partial charge is 0.420 e. The van der Waals surface area contributed by atoms with Crippen molar-refractivity contribution in [2.75, 3.05) is 19.6 Å². The molecule has 0 saturated carbocycles. The molecule has 204 valence electrons. The molecule has 1 aromatic carbocycles. The molecule has 0 atom stereocenters. The first kappa shape index (κ1) is 26.5. The molecule has 1 aliphatic heterocycles. The Morgan fingerprint density at radius 3 is 2.49 bits per heavy atom. The lowest BCUT2D eigenvalue weighted by Gasteiger charge is -2.47. The Labute approximate surface area is 227 Å². The van der Waals surface area contributed by atoms with Crippen molar-refractivity contribution in [1.82, 2.24) is 34.6 Å². The number of fused-ring (bicyclic) bond motifs is 1. The molecule has 1 amide bonds. The van der Waals surface area contributed by atoms with Gasteiger partial charge in [0.2, 0.25) is 5.89 Å². The van der Waals surface area contributed by atoms with E-state index in [1.165, 1.54) is 6.07 Å². The number of amides is 1. The summed E-state index contributed by atoms with van der Waals surface area (Å²) < 4.78 is 21.2. The lowest BCUT2D eigenvalue weighted by atomic mass is 9.87. The highest BCUT2D eigenvalue weighted by Crippen LogP contribution is 2.32. The Kier molecular flexibility index (Phi) is 6.32. The van der Waals surface area contributed by atoms with Crippen molar-refractivity contribution in [3.63, 3.8) is 0 Å². The van der Waals surface area contributed by atoms with Gasteiger partial charge in [0.05, 0.1) is 23.1 Å². The molecule has 4 heterocycles. The number of rotatable bonds is 4. The topological polar surface area (TPSA) is 92.7 Å². The van der Waals surface area contributed by atoms with Gasteiger partial charge in [-0.2, -0.15) is 5.10 Å². The van der Waals surface area contributed by atoms with Crippen LogP contribution in [0.1, 0.15) is 68.0 Å². The zero-order valence-corrected chi connectivity index (χ0v) is 23.5. The van der Waals surface area contributed by atoms with Crippen molar-refractivity contribution >= 4 is 17.3 Å². The maximum atomic E-state index is 13.9. The summed E-state index contributed by atoms with van der Waals surface area (Å²) in [5, 5.41) is 12.7. The zero-order valence-electron chi connectivity index (χ0n) is 23.5. The summed E-state index contributed by atoms with van der Waals surface area (Å²) in [6, 6.07) is 6.94. The summed E-state index contributed by atoms with van der Waals surface area (Å²) in [5.41, 5.74) is 3.81. The number of aromatic nitrogens is 5. The summed E-state index contributed by atoms with van der Waals surface area (Å²) >= 11 is 0. The van der Waals surface area contributed by atoms with E-state index in [2.05, 4.69) is 42.4 Å². The predicted octanol–water partition coefficient (Wildman–Crippen LogP) is 5.04. The van der Waals surface area contributed by atoms with Gasteiger partial charge in [-0.25, -0.2) is 13.9 Å². The second-order valence-corrected chi connectivity index (χ2v) is 11.8. The Morgan fingerprint density at radius 2 is 1.87 bits per heavy atom. The Balaban J connectivity index is 1.47. The van der Waals surface area contributed by atoms with Gasteiger partial charge in [-0.15, -0.1) is 10.2 Å². The van der Waals surface area contributed by atoms with Crippen molar-refractivity contribution in [3.8, 4) is 11.3 Å². The van der Waals surface area contributed by atoms with Crippen LogP contribution in [0.15, 0.2) is 41.5 Å². The third-order valence-corrected chi connectivity index (χ3v) is 7.21. The molecular weight excluding hydrogens is 497 g/mol. The molecule has 5 rings (SSSR count). The molecule has 0 radical (unpaired) electrons. The van der Waals surface area contributed by atoms with Crippen LogP contribution in [0, 0.1) is 19.7 Å². The highest BCUT2D eigenvalue weighted by molar-refractivity contribution is 5.93. The molecule has 0 N–H and O–H groups in total. The zero-order chi connectivity index (χ0) is 28.3. The number of hydrogen-bond acceptors (Lipinski definition) is 7. The van der Waals surface area contributed by atoms with Crippen LogP contribution in [0.5, 0.6) is 0 Å². The number of nitrogens with zero attached hydrogens (tertiary/aromatic N) is 7. The van der Waals surface area contributed by atoms with Gasteiger partial charge in [0.25, 0.3) is 11.8 Å². The molecule has 39 heavy (non-hydrogen) atoms. The lowest BCUT2D eigenvalue weighted by Crippen LogP contribution is -2.60. The summed E-state index contributed by atoms with van der Waals surface area (Å²) in [4.78, 5) is 22.5. The molecule has 1 aliphatic rings. The van der Waals surface area contributed by atoms with Crippen LogP contribution in [0.3, 0.4) is 0 Å². The fourth-order valence-electron chi connectivity index (χ4n) is 5.03. The summed E-state index contributed by atoms with van der Waals surface area (Å²) in [7, 11) is 0. The maximum absolute atomic E-state index is 13.9. The number of carbonyl (C=O) groups is 1. The normalized spacial score (nSPS) is 15.7. The molecule has 9 nitrogen and oxygen atoms in total. The molecule has 0 aliphatic carbocycles. The number of piperazine rings is 1. The number of carbonyl (C=O) groups excluding carboxylic acids is 1. The minimum absolute atomic E-state index is 0.163. The van der Waals surface area contributed by atoms with Crippen LogP contribution in [-0.4, -0.2) is 65.7 Å². The Bertz CT molecular complexity index is 1590. The van der Waals surface area contributed by atoms with E-state index in [1.807, 2.05) is 24.8 Å². The monoisotopic (exact) mass is 531 g/mol. The van der Waals surface area contributed by atoms with Gasteiger partial charge in [-0.1, -0.05) is 27.4 Å². The number of benzene rings is 1. The van der Waals surface area contributed by atoms with Crippen LogP contribution < -0.4 is 0 Å². The number of imidazole rings is 1. The quantitative estimate of drug-likeness (QED) is 0.364. The van der Waals surface area contributed by atoms with Gasteiger partial charge in [0.15, 0.2) is 5.65 Å². The van der Waals surface area contributed by atoms with Crippen molar-refractivity contribution < 1.29 is 13.6 Å². The standard InChI is InChI=1S/C29H34FN7O2/c1-17-13-20(9-10-22(17)30)23-14-21(28(4,5)6)25-31-24(15-37(25)34-23)27(38)36-12-11-35(16-29(36,7)8)18(2)26-33-32-19(3)39-26/h9-10,13-15H,2,11-12,16H2,1,3-8H3. The van der Waals surface area contributed by atoms with Crippen LogP contribution in [0.4, 0.5) is 4.39 Å². The first-order valence-electron chi connectivity index (χ1n) is 13.0. The molecule has 3 aromatic heterocycles. The smallest absolute Gasteiger partial charge is 0.274 e. The third kappa shape index (κ3) is 4.91. The molecule has 4 aromatic rings. The first-order valence-corrected chi connectivity index (χ1v) is 13.0. The van der Waals surface area contributed by atoms with Crippen LogP contribution in [-0.2, 0) is 5.41 Å². The van der Waals surface area contributed by atoms with E-state index in [4.69, 9.17) is 14.5 Å². The van der Waals surface area contributed by atoms with Crippen molar-refractivity contribution in [1.29, 1.82) is 0 Å². The fourth-order valence-corrected chi connectivity index (χ4v) is 5.03. The molecule has 0 bridgehead atoms. The number of hydrogen-bond donors (Lipinski definition) is 0. The van der Waals surface area contributed by atoms with Crippen molar-refractivity contribution in [2.45, 2.75) is 59.4 Å². The number of halogens is 1. The average Bonchev–Trinajstić information content (AvgIpc) is 3.49. The molecule has 1 fully saturated rings. The minimum atomic E-state index is -0.514. The van der Waals surface area contributed by atoms with Gasteiger partial charge in [-0.05, 0) is 56.0 Å². The Morgan fingerprint density at radius 1 is 1.13 bits per heavy atom. The SMILES string of the molecule is C=C(c1nnc(C)o1)N1CCN(C(=O)c2cn3nc(-c4ccc(F)c(C)c4)cc(C(C)(C)C)c3n2)C(C)(C)C1. The minimum Gasteiger partial charge on any atom is -0.420 e. The second-order valence-electron chi connectivity index (χ2n) is 11.8. The van der Waals surface area contributed by atoms with Crippen LogP contribution in [0.25, 0.3) is 22.6 Å². The average molecular weight is 532 g/mol. The van der Waals surface area contributed by atoms with E-state index in [0.29, 0.717) is 59.7 Å². The molecular formula is C29H34FN7O2. The molecule has 10 heteroatoms. The van der Waals surface area contributed by atoms with E-state index in [-0.39, 0.29) is 17.1 Å². The van der Waals surface area contributed by atoms with Gasteiger partial charge >= 0.3 is 0 Å². The van der Waals surface area contributed by atoms with Gasteiger partial charge in [0, 0.05) is 37.7 Å². The van der Waals surface area contributed by atoms with Crippen LogP contribution >= 0.6 is 0 Å². The highest BCUT2D eigenvalue weighted by atomic mass is 19.1. The lowest BCUT2D eigenvalue weighted by molar-refractivity contribution is 0.0306. The molecule has 0 unspecified atom stereocenters. The van der Waals surface area contributed by atoms with Crippen molar-refractivity contribution in [2.24, 2.45) is 0 Å². The van der Waals surface area contributed by atoms with E-state index in [0.717, 1.165) is 11.1 Å². The van der Waals surface area contributed by atoms with Crippen molar-refractivity contribution in [3.05, 3.63) is 71.5 Å². The van der Waals surface area contributed by atoms with Gasteiger partial charge < -0.3 is 14.2 Å². The molecule has 1 saturated heterocycles. The van der Waals surface area contributed by atoms with Gasteiger partial charge in [0.1, 0.15) is 11.5 Å². The summed E-state index contributed by atoms with van der Waals surface area (Å²) in [6.45, 7) is 19.5. The fraction of sp³-hybridized carbons (Fsp3) is 0.414. The highest BCUT2D eigenvalue weighted by Gasteiger charge is 2.39. The third-order valence-electron chi connectivity index (χ3n) is 7.21. The Hall–Kier alpha value is -4.08. The van der Waals surface area contributed by atoms with E-state index >= 15 is 0 Å². The second kappa shape index (κ2) is 9.29.